The SMILES string of the molecule is O=CN(C=O)[C@H]1CN(c2ccc(N3CCOCC3)c(F)c2)C(=O)O1. The summed E-state index contributed by atoms with van der Waals surface area (Å²) in [5.74, 6) is -0.465. The summed E-state index contributed by atoms with van der Waals surface area (Å²) >= 11 is 0. The third-order valence-corrected chi connectivity index (χ3v) is 3.97. The van der Waals surface area contributed by atoms with E-state index in [0.29, 0.717) is 42.6 Å². The van der Waals surface area contributed by atoms with Crippen LogP contribution in [-0.4, -0.2) is 62.9 Å². The molecule has 2 heterocycles. The fraction of sp³-hybridized carbons (Fsp3) is 0.400. The minimum Gasteiger partial charge on any atom is -0.423 e. The Balaban J connectivity index is 1.77. The van der Waals surface area contributed by atoms with E-state index in [1.807, 2.05) is 4.90 Å². The van der Waals surface area contributed by atoms with Crippen LogP contribution in [0.25, 0.3) is 0 Å². The van der Waals surface area contributed by atoms with E-state index in [4.69, 9.17) is 9.47 Å². The minimum absolute atomic E-state index is 0.0490. The lowest BCUT2D eigenvalue weighted by Gasteiger charge is -2.29. The quantitative estimate of drug-likeness (QED) is 0.731. The van der Waals surface area contributed by atoms with E-state index >= 15 is 0 Å². The topological polar surface area (TPSA) is 79.4 Å². The number of hydrogen-bond donors (Lipinski definition) is 0. The first-order valence-corrected chi connectivity index (χ1v) is 7.42. The second kappa shape index (κ2) is 6.83. The summed E-state index contributed by atoms with van der Waals surface area (Å²) in [6.45, 7) is 2.21. The van der Waals surface area contributed by atoms with Gasteiger partial charge in [0.1, 0.15) is 5.82 Å². The van der Waals surface area contributed by atoms with Crippen LogP contribution in [0.15, 0.2) is 18.2 Å². The van der Waals surface area contributed by atoms with Gasteiger partial charge in [0.05, 0.1) is 31.1 Å². The molecule has 2 aliphatic heterocycles. The molecule has 1 aromatic rings. The number of carbonyl (C=O) groups excluding carboxylic acids is 3. The number of amides is 3. The highest BCUT2D eigenvalue weighted by atomic mass is 19.1. The standard InChI is InChI=1S/C15H16FN3O5/c16-12-7-11(1-2-13(12)17-3-5-23-6-4-17)19-8-14(24-15(19)22)18(9-20)10-21/h1-2,7,9-10,14H,3-6,8H2/t14-/m1/s1. The van der Waals surface area contributed by atoms with Crippen molar-refractivity contribution in [3.8, 4) is 0 Å². The second-order valence-corrected chi connectivity index (χ2v) is 5.34. The molecule has 0 spiro atoms. The molecule has 0 N–H and O–H groups in total. The molecule has 128 valence electrons. The highest BCUT2D eigenvalue weighted by Crippen LogP contribution is 2.28. The number of benzene rings is 1. The van der Waals surface area contributed by atoms with Crippen molar-refractivity contribution in [2.75, 3.05) is 42.6 Å². The summed E-state index contributed by atoms with van der Waals surface area (Å²) < 4.78 is 24.6. The first-order chi connectivity index (χ1) is 11.6. The van der Waals surface area contributed by atoms with E-state index in [9.17, 15) is 18.8 Å². The molecule has 1 aromatic carbocycles. The van der Waals surface area contributed by atoms with Crippen LogP contribution < -0.4 is 9.80 Å². The summed E-state index contributed by atoms with van der Waals surface area (Å²) in [4.78, 5) is 37.2. The Kier molecular flexibility index (Phi) is 4.61. The van der Waals surface area contributed by atoms with Gasteiger partial charge in [-0.15, -0.1) is 0 Å². The van der Waals surface area contributed by atoms with Crippen molar-refractivity contribution in [1.29, 1.82) is 0 Å². The number of carbonyl (C=O) groups is 3. The fourth-order valence-corrected chi connectivity index (χ4v) is 2.70. The van der Waals surface area contributed by atoms with Gasteiger partial charge < -0.3 is 14.4 Å². The molecule has 0 aromatic heterocycles. The van der Waals surface area contributed by atoms with Crippen molar-refractivity contribution in [2.24, 2.45) is 0 Å². The number of morpholine rings is 1. The molecule has 0 bridgehead atoms. The Bertz CT molecular complexity index is 642. The fourth-order valence-electron chi connectivity index (χ4n) is 2.70. The molecular weight excluding hydrogens is 321 g/mol. The smallest absolute Gasteiger partial charge is 0.416 e. The average molecular weight is 337 g/mol. The van der Waals surface area contributed by atoms with Crippen LogP contribution in [0.4, 0.5) is 20.6 Å². The predicted molar refractivity (Wildman–Crippen MR) is 81.0 cm³/mol. The van der Waals surface area contributed by atoms with E-state index < -0.39 is 18.1 Å². The number of nitrogens with zero attached hydrogens (tertiary/aromatic N) is 3. The molecular formula is C15H16FN3O5. The first kappa shape index (κ1) is 16.2. The molecule has 2 fully saturated rings. The Hall–Kier alpha value is -2.68. The summed E-state index contributed by atoms with van der Waals surface area (Å²) in [5.41, 5.74) is 0.738. The van der Waals surface area contributed by atoms with Crippen molar-refractivity contribution in [2.45, 2.75) is 6.23 Å². The molecule has 24 heavy (non-hydrogen) atoms. The van der Waals surface area contributed by atoms with Crippen LogP contribution in [0.2, 0.25) is 0 Å². The minimum atomic E-state index is -1.02. The van der Waals surface area contributed by atoms with Crippen molar-refractivity contribution in [1.82, 2.24) is 4.90 Å². The maximum absolute atomic E-state index is 14.4. The molecule has 0 aliphatic carbocycles. The molecule has 0 radical (unpaired) electrons. The maximum Gasteiger partial charge on any atom is 0.416 e. The van der Waals surface area contributed by atoms with Crippen molar-refractivity contribution < 1.29 is 28.2 Å². The summed E-state index contributed by atoms with van der Waals surface area (Å²) in [6.07, 6.45) is -1.21. The average Bonchev–Trinajstić information content (AvgIpc) is 2.98. The lowest BCUT2D eigenvalue weighted by Crippen LogP contribution is -2.37. The lowest BCUT2D eigenvalue weighted by molar-refractivity contribution is -0.137. The third-order valence-electron chi connectivity index (χ3n) is 3.97. The number of ether oxygens (including phenoxy) is 2. The van der Waals surface area contributed by atoms with E-state index in [1.54, 1.807) is 12.1 Å². The number of imide groups is 1. The van der Waals surface area contributed by atoms with Crippen LogP contribution in [0.3, 0.4) is 0 Å². The monoisotopic (exact) mass is 337 g/mol. The maximum atomic E-state index is 14.4. The van der Waals surface area contributed by atoms with Gasteiger partial charge in [-0.25, -0.2) is 14.1 Å². The number of hydrogen-bond acceptors (Lipinski definition) is 6. The van der Waals surface area contributed by atoms with E-state index in [1.165, 1.54) is 11.0 Å². The number of rotatable bonds is 5. The Labute approximate surface area is 137 Å². The Morgan fingerprint density at radius 3 is 2.54 bits per heavy atom. The van der Waals surface area contributed by atoms with Crippen LogP contribution >= 0.6 is 0 Å². The van der Waals surface area contributed by atoms with Crippen molar-refractivity contribution in [3.05, 3.63) is 24.0 Å². The summed E-state index contributed by atoms with van der Waals surface area (Å²) in [5, 5.41) is 0. The molecule has 2 aliphatic rings. The van der Waals surface area contributed by atoms with Crippen molar-refractivity contribution >= 4 is 30.3 Å². The first-order valence-electron chi connectivity index (χ1n) is 7.42. The van der Waals surface area contributed by atoms with Gasteiger partial charge >= 0.3 is 6.09 Å². The molecule has 3 amide bonds. The predicted octanol–water partition coefficient (Wildman–Crippen LogP) is 0.560. The molecule has 8 nitrogen and oxygen atoms in total. The highest BCUT2D eigenvalue weighted by Gasteiger charge is 2.36. The Morgan fingerprint density at radius 1 is 1.21 bits per heavy atom. The number of cyclic esters (lactones) is 1. The second-order valence-electron chi connectivity index (χ2n) is 5.34. The van der Waals surface area contributed by atoms with Gasteiger partial charge in [0.25, 0.3) is 0 Å². The lowest BCUT2D eigenvalue weighted by atomic mass is 10.2. The van der Waals surface area contributed by atoms with Gasteiger partial charge in [0.15, 0.2) is 0 Å². The van der Waals surface area contributed by atoms with E-state index in [-0.39, 0.29) is 19.4 Å². The molecule has 2 saturated heterocycles. The normalized spacial score (nSPS) is 20.7. The van der Waals surface area contributed by atoms with Gasteiger partial charge in [-0.05, 0) is 18.2 Å². The molecule has 0 unspecified atom stereocenters. The number of anilines is 2. The molecule has 9 heteroatoms. The van der Waals surface area contributed by atoms with E-state index in [2.05, 4.69) is 0 Å². The summed E-state index contributed by atoms with van der Waals surface area (Å²) in [7, 11) is 0. The van der Waals surface area contributed by atoms with Gasteiger partial charge in [-0.3, -0.25) is 14.5 Å². The van der Waals surface area contributed by atoms with Gasteiger partial charge in [-0.2, -0.15) is 0 Å². The van der Waals surface area contributed by atoms with Crippen LogP contribution in [0.1, 0.15) is 0 Å². The van der Waals surface area contributed by atoms with Gasteiger partial charge in [0.2, 0.25) is 19.0 Å². The van der Waals surface area contributed by atoms with Gasteiger partial charge in [-0.1, -0.05) is 0 Å². The zero-order valence-electron chi connectivity index (χ0n) is 12.8. The Morgan fingerprint density at radius 2 is 1.92 bits per heavy atom. The third kappa shape index (κ3) is 3.02. The van der Waals surface area contributed by atoms with Crippen LogP contribution in [0.5, 0.6) is 0 Å². The molecule has 3 rings (SSSR count). The highest BCUT2D eigenvalue weighted by molar-refractivity contribution is 5.90. The van der Waals surface area contributed by atoms with Gasteiger partial charge in [0, 0.05) is 13.1 Å². The summed E-state index contributed by atoms with van der Waals surface area (Å²) in [6, 6.07) is 4.43. The number of halogens is 1. The zero-order valence-corrected chi connectivity index (χ0v) is 12.8. The largest absolute Gasteiger partial charge is 0.423 e. The van der Waals surface area contributed by atoms with Crippen LogP contribution in [0, 0.1) is 5.82 Å². The van der Waals surface area contributed by atoms with E-state index in [0.717, 1.165) is 0 Å². The molecule has 0 saturated carbocycles. The van der Waals surface area contributed by atoms with Crippen LogP contribution in [-0.2, 0) is 19.1 Å². The zero-order chi connectivity index (χ0) is 17.1. The van der Waals surface area contributed by atoms with Crippen molar-refractivity contribution in [3.63, 3.8) is 0 Å². The molecule has 1 atom stereocenters.